The fourth-order valence-electron chi connectivity index (χ4n) is 2.71. The predicted molar refractivity (Wildman–Crippen MR) is 103 cm³/mol. The van der Waals surface area contributed by atoms with Gasteiger partial charge in [-0.05, 0) is 31.4 Å². The summed E-state index contributed by atoms with van der Waals surface area (Å²) in [6.07, 6.45) is 9.19. The second kappa shape index (κ2) is 14.8. The monoisotopic (exact) mass is 346 g/mol. The van der Waals surface area contributed by atoms with E-state index in [1.54, 1.807) is 11.8 Å². The van der Waals surface area contributed by atoms with Crippen LogP contribution in [0.15, 0.2) is 0 Å². The molecule has 4 heteroatoms. The Morgan fingerprint density at radius 1 is 1.05 bits per heavy atom. The topological polar surface area (TPSA) is 26.3 Å². The molecule has 0 amide bonds. The molecule has 132 valence electrons. The van der Waals surface area contributed by atoms with Crippen molar-refractivity contribution in [2.24, 2.45) is 0 Å². The van der Waals surface area contributed by atoms with Gasteiger partial charge < -0.3 is 4.43 Å². The molecule has 0 aromatic heterocycles. The van der Waals surface area contributed by atoms with Gasteiger partial charge in [0.25, 0.3) is 0 Å². The van der Waals surface area contributed by atoms with E-state index in [1.165, 1.54) is 37.8 Å². The zero-order valence-corrected chi connectivity index (χ0v) is 17.5. The first kappa shape index (κ1) is 22.2. The maximum Gasteiger partial charge on any atom is 0.189 e. The average molecular weight is 347 g/mol. The third kappa shape index (κ3) is 11.7. The molecule has 0 bridgehead atoms. The summed E-state index contributed by atoms with van der Waals surface area (Å²) < 4.78 is 6.37. The molecule has 0 saturated heterocycles. The highest BCUT2D eigenvalue weighted by Crippen LogP contribution is 2.23. The summed E-state index contributed by atoms with van der Waals surface area (Å²) in [5.74, 6) is 0. The summed E-state index contributed by atoms with van der Waals surface area (Å²) >= 11 is 1.55. The van der Waals surface area contributed by atoms with Crippen molar-refractivity contribution >= 4 is 25.9 Å². The van der Waals surface area contributed by atoms with Crippen LogP contribution in [-0.4, -0.2) is 25.5 Å². The van der Waals surface area contributed by atoms with E-state index in [0.717, 1.165) is 25.7 Å². The zero-order valence-electron chi connectivity index (χ0n) is 15.5. The molecule has 0 aromatic carbocycles. The van der Waals surface area contributed by atoms with E-state index in [2.05, 4.69) is 34.6 Å². The Hall–Kier alpha value is 0.197. The predicted octanol–water partition coefficient (Wildman–Crippen LogP) is 5.94. The second-order valence-corrected chi connectivity index (χ2v) is 11.0. The highest BCUT2D eigenvalue weighted by atomic mass is 32.2. The van der Waals surface area contributed by atoms with Gasteiger partial charge in [-0.15, -0.1) is 0 Å². The van der Waals surface area contributed by atoms with Crippen LogP contribution in [0.1, 0.15) is 86.0 Å². The van der Waals surface area contributed by atoms with Gasteiger partial charge in [0.2, 0.25) is 0 Å². The number of thioether (sulfide) groups is 1. The normalized spacial score (nSPS) is 14.3. The van der Waals surface area contributed by atoms with Crippen molar-refractivity contribution in [3.63, 3.8) is 0 Å². The van der Waals surface area contributed by atoms with Crippen LogP contribution in [-0.2, 0) is 9.22 Å². The average Bonchev–Trinajstić information content (AvgIpc) is 2.49. The SMILES string of the molecule is CCCCCCC(=O)SC(C)CC(CCC)O[SiH](CC)CC. The summed E-state index contributed by atoms with van der Waals surface area (Å²) in [5, 5.41) is 0.761. The summed E-state index contributed by atoms with van der Waals surface area (Å²) in [7, 11) is -0.997. The van der Waals surface area contributed by atoms with Gasteiger partial charge in [-0.25, -0.2) is 0 Å². The second-order valence-electron chi connectivity index (χ2n) is 6.33. The van der Waals surface area contributed by atoms with Crippen LogP contribution in [0, 0.1) is 0 Å². The fraction of sp³-hybridized carbons (Fsp3) is 0.944. The lowest BCUT2D eigenvalue weighted by Gasteiger charge is -2.25. The molecule has 22 heavy (non-hydrogen) atoms. The first-order valence-electron chi connectivity index (χ1n) is 9.42. The lowest BCUT2D eigenvalue weighted by Crippen LogP contribution is -2.27. The molecule has 0 radical (unpaired) electrons. The number of carbonyl (C=O) groups is 1. The number of rotatable bonds is 14. The van der Waals surface area contributed by atoms with E-state index >= 15 is 0 Å². The van der Waals surface area contributed by atoms with Crippen LogP contribution >= 0.6 is 11.8 Å². The van der Waals surface area contributed by atoms with Crippen molar-refractivity contribution in [2.45, 2.75) is 109 Å². The number of carbonyl (C=O) groups excluding carboxylic acids is 1. The lowest BCUT2D eigenvalue weighted by molar-refractivity contribution is -0.111. The molecule has 0 fully saturated rings. The Morgan fingerprint density at radius 3 is 2.27 bits per heavy atom. The van der Waals surface area contributed by atoms with Crippen LogP contribution in [0.25, 0.3) is 0 Å². The highest BCUT2D eigenvalue weighted by Gasteiger charge is 2.19. The van der Waals surface area contributed by atoms with E-state index in [0.29, 0.717) is 16.5 Å². The lowest BCUT2D eigenvalue weighted by atomic mass is 10.1. The molecule has 0 rings (SSSR count). The van der Waals surface area contributed by atoms with Gasteiger partial charge in [0.1, 0.15) is 0 Å². The van der Waals surface area contributed by atoms with Gasteiger partial charge in [0.05, 0.1) is 0 Å². The first-order valence-corrected chi connectivity index (χ1v) is 12.4. The van der Waals surface area contributed by atoms with Crippen molar-refractivity contribution in [1.82, 2.24) is 0 Å². The maximum atomic E-state index is 12.0. The fourth-order valence-corrected chi connectivity index (χ4v) is 5.49. The molecular weight excluding hydrogens is 308 g/mol. The van der Waals surface area contributed by atoms with Gasteiger partial charge in [0.15, 0.2) is 14.2 Å². The zero-order chi connectivity index (χ0) is 16.8. The summed E-state index contributed by atoms with van der Waals surface area (Å²) in [6, 6.07) is 2.43. The van der Waals surface area contributed by atoms with Crippen LogP contribution in [0.3, 0.4) is 0 Å². The van der Waals surface area contributed by atoms with E-state index < -0.39 is 9.04 Å². The van der Waals surface area contributed by atoms with Crippen molar-refractivity contribution in [3.05, 3.63) is 0 Å². The van der Waals surface area contributed by atoms with Gasteiger partial charge in [-0.1, -0.05) is 72.1 Å². The Labute approximate surface area is 144 Å². The van der Waals surface area contributed by atoms with Crippen LogP contribution in [0.4, 0.5) is 0 Å². The summed E-state index contributed by atoms with van der Waals surface area (Å²) in [5.41, 5.74) is 0. The van der Waals surface area contributed by atoms with E-state index in [9.17, 15) is 4.79 Å². The minimum atomic E-state index is -0.997. The van der Waals surface area contributed by atoms with E-state index in [1.807, 2.05) is 0 Å². The Kier molecular flexibility index (Phi) is 14.9. The van der Waals surface area contributed by atoms with E-state index in [-0.39, 0.29) is 0 Å². The Balaban J connectivity index is 4.10. The number of hydrogen-bond acceptors (Lipinski definition) is 3. The van der Waals surface area contributed by atoms with Gasteiger partial charge in [-0.2, -0.15) is 0 Å². The molecule has 0 aliphatic rings. The smallest absolute Gasteiger partial charge is 0.189 e. The summed E-state index contributed by atoms with van der Waals surface area (Å²) in [4.78, 5) is 12.0. The Morgan fingerprint density at radius 2 is 1.73 bits per heavy atom. The summed E-state index contributed by atoms with van der Waals surface area (Å²) in [6.45, 7) is 11.1. The van der Waals surface area contributed by atoms with Crippen molar-refractivity contribution in [1.29, 1.82) is 0 Å². The van der Waals surface area contributed by atoms with Crippen molar-refractivity contribution < 1.29 is 9.22 Å². The van der Waals surface area contributed by atoms with Gasteiger partial charge >= 0.3 is 0 Å². The maximum absolute atomic E-state index is 12.0. The molecule has 0 N–H and O–H groups in total. The molecule has 2 unspecified atom stereocenters. The number of unbranched alkanes of at least 4 members (excludes halogenated alkanes) is 3. The van der Waals surface area contributed by atoms with Crippen molar-refractivity contribution in [2.75, 3.05) is 0 Å². The molecule has 0 aliphatic carbocycles. The standard InChI is InChI=1S/C18H38O2SSi/c1-6-10-11-12-14-18(19)21-16(5)15-17(13-7-2)20-22(8-3)9-4/h16-17,22H,6-15H2,1-5H3. The molecule has 0 spiro atoms. The van der Waals surface area contributed by atoms with Gasteiger partial charge in [-0.3, -0.25) is 4.79 Å². The highest BCUT2D eigenvalue weighted by molar-refractivity contribution is 8.14. The Bertz CT molecular complexity index is 270. The van der Waals surface area contributed by atoms with Gasteiger partial charge in [0, 0.05) is 17.8 Å². The third-order valence-corrected chi connectivity index (χ3v) is 7.72. The van der Waals surface area contributed by atoms with E-state index in [4.69, 9.17) is 4.43 Å². The molecule has 0 aliphatic heterocycles. The third-order valence-electron chi connectivity index (χ3n) is 4.07. The molecule has 0 heterocycles. The molecule has 2 nitrogen and oxygen atoms in total. The largest absolute Gasteiger partial charge is 0.417 e. The molecule has 0 saturated carbocycles. The number of hydrogen-bond donors (Lipinski definition) is 0. The minimum Gasteiger partial charge on any atom is -0.417 e. The van der Waals surface area contributed by atoms with Crippen LogP contribution in [0.2, 0.25) is 12.1 Å². The minimum absolute atomic E-state index is 0.372. The molecule has 2 atom stereocenters. The quantitative estimate of drug-likeness (QED) is 0.287. The molecular formula is C18H38O2SSi. The van der Waals surface area contributed by atoms with Crippen molar-refractivity contribution in [3.8, 4) is 0 Å². The molecule has 0 aromatic rings. The first-order chi connectivity index (χ1) is 10.6. The van der Waals surface area contributed by atoms with Crippen LogP contribution < -0.4 is 0 Å². The van der Waals surface area contributed by atoms with Crippen LogP contribution in [0.5, 0.6) is 0 Å².